The van der Waals surface area contributed by atoms with E-state index in [4.69, 9.17) is 11.6 Å². The van der Waals surface area contributed by atoms with Crippen LogP contribution in [-0.4, -0.2) is 28.8 Å². The van der Waals surface area contributed by atoms with Crippen LogP contribution in [0.4, 0.5) is 5.69 Å². The molecule has 0 saturated carbocycles. The Bertz CT molecular complexity index is 585. The lowest BCUT2D eigenvalue weighted by Gasteiger charge is -2.25. The summed E-state index contributed by atoms with van der Waals surface area (Å²) in [6.07, 6.45) is 1.58. The number of carbonyl (C=O) groups is 2. The molecule has 0 aliphatic carbocycles. The molecule has 1 aromatic carbocycles. The molecule has 3 rings (SSSR count). The minimum absolute atomic E-state index is 0.0912. The topological polar surface area (TPSA) is 49.4 Å². The maximum Gasteiger partial charge on any atom is 0.256 e. The van der Waals surface area contributed by atoms with Gasteiger partial charge in [-0.15, -0.1) is 0 Å². The minimum Gasteiger partial charge on any atom is -0.324 e. The van der Waals surface area contributed by atoms with Crippen molar-refractivity contribution < 1.29 is 9.59 Å². The molecule has 1 N–H and O–H groups in total. The lowest BCUT2D eigenvalue weighted by Crippen LogP contribution is -2.43. The predicted molar refractivity (Wildman–Crippen MR) is 73.5 cm³/mol. The van der Waals surface area contributed by atoms with Crippen LogP contribution >= 0.6 is 11.6 Å². The van der Waals surface area contributed by atoms with Crippen LogP contribution < -0.4 is 5.32 Å². The monoisotopic (exact) mass is 278 g/mol. The summed E-state index contributed by atoms with van der Waals surface area (Å²) < 4.78 is 0. The van der Waals surface area contributed by atoms with Crippen molar-refractivity contribution >= 4 is 29.1 Å². The summed E-state index contributed by atoms with van der Waals surface area (Å²) in [6.45, 7) is 3.83. The molecule has 4 nitrogen and oxygen atoms in total. The van der Waals surface area contributed by atoms with Crippen LogP contribution in [0.1, 0.15) is 35.7 Å². The van der Waals surface area contributed by atoms with Crippen LogP contribution in [0.5, 0.6) is 0 Å². The second-order valence-corrected chi connectivity index (χ2v) is 5.73. The van der Waals surface area contributed by atoms with E-state index in [1.54, 1.807) is 17.0 Å². The number of rotatable bonds is 0. The van der Waals surface area contributed by atoms with Crippen molar-refractivity contribution in [3.63, 3.8) is 0 Å². The SMILES string of the molecule is Cc1cc(Cl)cc2c1NC(=O)[C@@H]1CC[C@@H](C)N1C2=O. The number of hydrogen-bond acceptors (Lipinski definition) is 2. The third kappa shape index (κ3) is 1.82. The van der Waals surface area contributed by atoms with Crippen LogP contribution in [0.3, 0.4) is 0 Å². The van der Waals surface area contributed by atoms with Gasteiger partial charge in [-0.2, -0.15) is 0 Å². The first kappa shape index (κ1) is 12.5. The third-order valence-electron chi connectivity index (χ3n) is 3.98. The quantitative estimate of drug-likeness (QED) is 0.793. The molecule has 5 heteroatoms. The molecule has 0 aromatic heterocycles. The van der Waals surface area contributed by atoms with Crippen LogP contribution in [-0.2, 0) is 4.79 Å². The maximum absolute atomic E-state index is 12.7. The van der Waals surface area contributed by atoms with E-state index in [0.29, 0.717) is 16.3 Å². The van der Waals surface area contributed by atoms with E-state index in [0.717, 1.165) is 18.4 Å². The molecule has 0 unspecified atom stereocenters. The Morgan fingerprint density at radius 2 is 2.05 bits per heavy atom. The van der Waals surface area contributed by atoms with Crippen molar-refractivity contribution in [1.29, 1.82) is 0 Å². The summed E-state index contributed by atoms with van der Waals surface area (Å²) in [5, 5.41) is 3.40. The van der Waals surface area contributed by atoms with Gasteiger partial charge in [0.2, 0.25) is 5.91 Å². The number of halogens is 1. The Morgan fingerprint density at radius 3 is 2.79 bits per heavy atom. The molecule has 0 spiro atoms. The highest BCUT2D eigenvalue weighted by molar-refractivity contribution is 6.31. The van der Waals surface area contributed by atoms with E-state index in [2.05, 4.69) is 5.32 Å². The highest BCUT2D eigenvalue weighted by Crippen LogP contribution is 2.35. The van der Waals surface area contributed by atoms with E-state index >= 15 is 0 Å². The summed E-state index contributed by atoms with van der Waals surface area (Å²) in [4.78, 5) is 26.6. The number of aryl methyl sites for hydroxylation is 1. The van der Waals surface area contributed by atoms with Crippen molar-refractivity contribution in [2.45, 2.75) is 38.8 Å². The van der Waals surface area contributed by atoms with Gasteiger partial charge < -0.3 is 10.2 Å². The molecule has 19 heavy (non-hydrogen) atoms. The Balaban J connectivity index is 2.18. The molecule has 2 aliphatic rings. The molecule has 1 saturated heterocycles. The van der Waals surface area contributed by atoms with Crippen molar-refractivity contribution in [3.8, 4) is 0 Å². The summed E-state index contributed by atoms with van der Waals surface area (Å²) in [7, 11) is 0. The second-order valence-electron chi connectivity index (χ2n) is 5.29. The highest BCUT2D eigenvalue weighted by atomic mass is 35.5. The van der Waals surface area contributed by atoms with Gasteiger partial charge in [0.25, 0.3) is 5.91 Å². The number of nitrogens with zero attached hydrogens (tertiary/aromatic N) is 1. The van der Waals surface area contributed by atoms with Crippen LogP contribution in [0.15, 0.2) is 12.1 Å². The average Bonchev–Trinajstić information content (AvgIpc) is 2.68. The fourth-order valence-corrected chi connectivity index (χ4v) is 3.28. The first-order valence-corrected chi connectivity index (χ1v) is 6.80. The fourth-order valence-electron chi connectivity index (χ4n) is 3.01. The first-order chi connectivity index (χ1) is 8.99. The molecular formula is C14H15ClN2O2. The smallest absolute Gasteiger partial charge is 0.256 e. The predicted octanol–water partition coefficient (Wildman–Crippen LogP) is 2.59. The minimum atomic E-state index is -0.354. The maximum atomic E-state index is 12.7. The zero-order valence-electron chi connectivity index (χ0n) is 10.9. The number of hydrogen-bond donors (Lipinski definition) is 1. The fraction of sp³-hybridized carbons (Fsp3) is 0.429. The van der Waals surface area contributed by atoms with Gasteiger partial charge in [-0.25, -0.2) is 0 Å². The van der Waals surface area contributed by atoms with Crippen molar-refractivity contribution in [1.82, 2.24) is 4.90 Å². The zero-order chi connectivity index (χ0) is 13.7. The molecule has 0 bridgehead atoms. The first-order valence-electron chi connectivity index (χ1n) is 6.42. The zero-order valence-corrected chi connectivity index (χ0v) is 11.6. The Morgan fingerprint density at radius 1 is 1.32 bits per heavy atom. The Labute approximate surface area is 116 Å². The normalized spacial score (nSPS) is 25.7. The van der Waals surface area contributed by atoms with Gasteiger partial charge >= 0.3 is 0 Å². The van der Waals surface area contributed by atoms with E-state index in [9.17, 15) is 9.59 Å². The van der Waals surface area contributed by atoms with E-state index in [1.807, 2.05) is 13.8 Å². The van der Waals surface area contributed by atoms with Crippen LogP contribution in [0.25, 0.3) is 0 Å². The van der Waals surface area contributed by atoms with Crippen molar-refractivity contribution in [2.24, 2.45) is 0 Å². The molecule has 0 radical (unpaired) electrons. The van der Waals surface area contributed by atoms with Crippen LogP contribution in [0.2, 0.25) is 5.02 Å². The van der Waals surface area contributed by atoms with Gasteiger partial charge in [-0.05, 0) is 44.4 Å². The van der Waals surface area contributed by atoms with Crippen molar-refractivity contribution in [2.75, 3.05) is 5.32 Å². The molecule has 1 aromatic rings. The van der Waals surface area contributed by atoms with E-state index in [1.165, 1.54) is 0 Å². The van der Waals surface area contributed by atoms with Crippen molar-refractivity contribution in [3.05, 3.63) is 28.3 Å². The third-order valence-corrected chi connectivity index (χ3v) is 4.20. The second kappa shape index (κ2) is 4.23. The Hall–Kier alpha value is -1.55. The summed E-state index contributed by atoms with van der Waals surface area (Å²) in [5.74, 6) is -0.198. The molecular weight excluding hydrogens is 264 g/mol. The number of anilines is 1. The Kier molecular flexibility index (Phi) is 2.78. The molecule has 2 atom stereocenters. The highest BCUT2D eigenvalue weighted by Gasteiger charge is 2.42. The number of amides is 2. The summed E-state index contributed by atoms with van der Waals surface area (Å²) in [6, 6.07) is 3.13. The van der Waals surface area contributed by atoms with Gasteiger partial charge in [0.1, 0.15) is 6.04 Å². The van der Waals surface area contributed by atoms with Gasteiger partial charge in [-0.3, -0.25) is 9.59 Å². The van der Waals surface area contributed by atoms with E-state index < -0.39 is 0 Å². The molecule has 2 heterocycles. The molecule has 1 fully saturated rings. The lowest BCUT2D eigenvalue weighted by molar-refractivity contribution is -0.119. The molecule has 2 aliphatic heterocycles. The number of carbonyl (C=O) groups excluding carboxylic acids is 2. The number of nitrogens with one attached hydrogen (secondary N) is 1. The van der Waals surface area contributed by atoms with Gasteiger partial charge in [0, 0.05) is 11.1 Å². The summed E-state index contributed by atoms with van der Waals surface area (Å²) in [5.41, 5.74) is 1.91. The average molecular weight is 279 g/mol. The largest absolute Gasteiger partial charge is 0.324 e. The number of benzene rings is 1. The van der Waals surface area contributed by atoms with E-state index in [-0.39, 0.29) is 23.9 Å². The van der Waals surface area contributed by atoms with Gasteiger partial charge in [0.05, 0.1) is 11.3 Å². The molecule has 2 amide bonds. The van der Waals surface area contributed by atoms with Crippen LogP contribution in [0, 0.1) is 6.92 Å². The molecule has 100 valence electrons. The van der Waals surface area contributed by atoms with Gasteiger partial charge in [-0.1, -0.05) is 11.6 Å². The lowest BCUT2D eigenvalue weighted by atomic mass is 10.1. The standard InChI is InChI=1S/C14H15ClN2O2/c1-7-5-9(15)6-10-12(7)16-13(18)11-4-3-8(2)17(11)14(10)19/h5-6,8,11H,3-4H2,1-2H3,(H,16,18)/t8-,11+/m1/s1. The van der Waals surface area contributed by atoms with Gasteiger partial charge in [0.15, 0.2) is 0 Å². The summed E-state index contributed by atoms with van der Waals surface area (Å²) >= 11 is 6.03. The number of fused-ring (bicyclic) bond motifs is 2.